The average Bonchev–Trinajstić information content (AvgIpc) is 2.62. The van der Waals surface area contributed by atoms with Gasteiger partial charge in [-0.05, 0) is 49.7 Å². The van der Waals surface area contributed by atoms with Crippen molar-refractivity contribution < 1.29 is 13.9 Å². The fourth-order valence-electron chi connectivity index (χ4n) is 2.24. The number of pyridine rings is 1. The third kappa shape index (κ3) is 8.53. The number of hydrogen-bond acceptors (Lipinski definition) is 4. The number of halogens is 2. The maximum Gasteiger partial charge on any atom is 0.219 e. The number of nitrogens with zero attached hydrogens (tertiary/aromatic N) is 2. The van der Waals surface area contributed by atoms with E-state index in [1.807, 2.05) is 26.0 Å². The minimum absolute atomic E-state index is 0. The Kier molecular flexibility index (Phi) is 10.6. The molecule has 0 spiro atoms. The first-order valence-electron chi connectivity index (χ1n) is 8.53. The van der Waals surface area contributed by atoms with Crippen molar-refractivity contribution >= 4 is 29.9 Å². The van der Waals surface area contributed by atoms with E-state index in [-0.39, 0.29) is 35.8 Å². The van der Waals surface area contributed by atoms with E-state index in [4.69, 9.17) is 9.47 Å². The summed E-state index contributed by atoms with van der Waals surface area (Å²) in [6, 6.07) is 9.65. The highest BCUT2D eigenvalue weighted by molar-refractivity contribution is 14.0. The number of benzene rings is 1. The van der Waals surface area contributed by atoms with E-state index in [2.05, 4.69) is 20.6 Å². The van der Waals surface area contributed by atoms with E-state index in [1.165, 1.54) is 12.1 Å². The summed E-state index contributed by atoms with van der Waals surface area (Å²) in [4.78, 5) is 8.75. The fourth-order valence-corrected chi connectivity index (χ4v) is 2.24. The van der Waals surface area contributed by atoms with Crippen LogP contribution in [0.25, 0.3) is 0 Å². The van der Waals surface area contributed by atoms with Crippen LogP contribution in [0.4, 0.5) is 4.39 Å². The third-order valence-corrected chi connectivity index (χ3v) is 3.40. The van der Waals surface area contributed by atoms with Crippen molar-refractivity contribution in [1.29, 1.82) is 0 Å². The summed E-state index contributed by atoms with van der Waals surface area (Å²) in [6.07, 6.45) is 1.66. The molecule has 0 saturated heterocycles. The summed E-state index contributed by atoms with van der Waals surface area (Å²) in [5.41, 5.74) is 0.953. The third-order valence-electron chi connectivity index (χ3n) is 3.40. The number of rotatable bonds is 8. The van der Waals surface area contributed by atoms with Gasteiger partial charge in [0, 0.05) is 32.0 Å². The van der Waals surface area contributed by atoms with Crippen LogP contribution < -0.4 is 15.4 Å². The van der Waals surface area contributed by atoms with Gasteiger partial charge in [0.05, 0.1) is 13.2 Å². The number of aromatic nitrogens is 1. The first-order valence-corrected chi connectivity index (χ1v) is 8.53. The molecule has 0 bridgehead atoms. The van der Waals surface area contributed by atoms with Crippen LogP contribution in [0.1, 0.15) is 19.4 Å². The maximum absolute atomic E-state index is 13.0. The molecule has 2 rings (SSSR count). The molecular weight excluding hydrogens is 462 g/mol. The van der Waals surface area contributed by atoms with Gasteiger partial charge in [-0.2, -0.15) is 0 Å². The molecule has 0 aliphatic rings. The molecule has 0 radical (unpaired) electrons. The quantitative estimate of drug-likeness (QED) is 0.337. The van der Waals surface area contributed by atoms with E-state index < -0.39 is 0 Å². The minimum atomic E-state index is -0.306. The Hall–Kier alpha value is -1.94. The van der Waals surface area contributed by atoms with E-state index in [9.17, 15) is 4.39 Å². The van der Waals surface area contributed by atoms with Gasteiger partial charge in [0.15, 0.2) is 5.96 Å². The molecule has 0 aliphatic heterocycles. The zero-order valence-corrected chi connectivity index (χ0v) is 18.1. The van der Waals surface area contributed by atoms with Crippen molar-refractivity contribution in [2.75, 3.05) is 20.3 Å². The SMILES string of the molecule is CCNC(=NCc1ccnc(Oc2ccc(F)cc2)c1)NC(C)COC.I. The van der Waals surface area contributed by atoms with E-state index >= 15 is 0 Å². The number of guanidine groups is 1. The Morgan fingerprint density at radius 2 is 2.00 bits per heavy atom. The molecule has 2 aromatic rings. The minimum Gasteiger partial charge on any atom is -0.439 e. The Morgan fingerprint density at radius 3 is 2.67 bits per heavy atom. The van der Waals surface area contributed by atoms with Gasteiger partial charge >= 0.3 is 0 Å². The highest BCUT2D eigenvalue weighted by Gasteiger charge is 2.05. The smallest absolute Gasteiger partial charge is 0.219 e. The largest absolute Gasteiger partial charge is 0.439 e. The van der Waals surface area contributed by atoms with Crippen LogP contribution in [0.15, 0.2) is 47.6 Å². The van der Waals surface area contributed by atoms with Crippen molar-refractivity contribution in [3.8, 4) is 11.6 Å². The summed E-state index contributed by atoms with van der Waals surface area (Å²) >= 11 is 0. The van der Waals surface area contributed by atoms with Crippen LogP contribution in [0, 0.1) is 5.82 Å². The van der Waals surface area contributed by atoms with Crippen LogP contribution in [-0.2, 0) is 11.3 Å². The molecule has 0 amide bonds. The second kappa shape index (κ2) is 12.4. The molecular formula is C19H26FIN4O2. The van der Waals surface area contributed by atoms with Crippen LogP contribution in [0.5, 0.6) is 11.6 Å². The van der Waals surface area contributed by atoms with Gasteiger partial charge in [-0.1, -0.05) is 0 Å². The molecule has 0 aliphatic carbocycles. The van der Waals surface area contributed by atoms with Gasteiger partial charge in [0.25, 0.3) is 0 Å². The van der Waals surface area contributed by atoms with Crippen molar-refractivity contribution in [1.82, 2.24) is 15.6 Å². The van der Waals surface area contributed by atoms with Gasteiger partial charge in [-0.3, -0.25) is 0 Å². The second-order valence-corrected chi connectivity index (χ2v) is 5.75. The lowest BCUT2D eigenvalue weighted by Gasteiger charge is -2.17. The topological polar surface area (TPSA) is 67.8 Å². The number of nitrogens with one attached hydrogen (secondary N) is 2. The highest BCUT2D eigenvalue weighted by Crippen LogP contribution is 2.20. The zero-order chi connectivity index (χ0) is 18.8. The molecule has 148 valence electrons. The van der Waals surface area contributed by atoms with Gasteiger partial charge < -0.3 is 20.1 Å². The lowest BCUT2D eigenvalue weighted by molar-refractivity contribution is 0.179. The molecule has 1 aromatic heterocycles. The first kappa shape index (κ1) is 23.1. The van der Waals surface area contributed by atoms with Crippen molar-refractivity contribution in [2.45, 2.75) is 26.4 Å². The highest BCUT2D eigenvalue weighted by atomic mass is 127. The lowest BCUT2D eigenvalue weighted by Crippen LogP contribution is -2.43. The molecule has 8 heteroatoms. The molecule has 1 atom stereocenters. The molecule has 1 heterocycles. The van der Waals surface area contributed by atoms with Gasteiger partial charge in [0.2, 0.25) is 5.88 Å². The fraction of sp³-hybridized carbons (Fsp3) is 0.368. The van der Waals surface area contributed by atoms with Crippen LogP contribution in [0.2, 0.25) is 0 Å². The Balaban J connectivity index is 0.00000364. The Morgan fingerprint density at radius 1 is 1.26 bits per heavy atom. The van der Waals surface area contributed by atoms with Crippen molar-refractivity contribution in [3.05, 3.63) is 54.0 Å². The maximum atomic E-state index is 13.0. The molecule has 27 heavy (non-hydrogen) atoms. The number of methoxy groups -OCH3 is 1. The van der Waals surface area contributed by atoms with Crippen molar-refractivity contribution in [3.63, 3.8) is 0 Å². The molecule has 0 fully saturated rings. The second-order valence-electron chi connectivity index (χ2n) is 5.75. The van der Waals surface area contributed by atoms with Gasteiger partial charge in [-0.15, -0.1) is 24.0 Å². The first-order chi connectivity index (χ1) is 12.6. The summed E-state index contributed by atoms with van der Waals surface area (Å²) in [5, 5.41) is 6.48. The van der Waals surface area contributed by atoms with Crippen LogP contribution in [-0.4, -0.2) is 37.2 Å². The molecule has 6 nitrogen and oxygen atoms in total. The molecule has 1 unspecified atom stereocenters. The van der Waals surface area contributed by atoms with E-state index in [0.717, 1.165) is 18.1 Å². The van der Waals surface area contributed by atoms with Crippen LogP contribution >= 0.6 is 24.0 Å². The number of ether oxygens (including phenoxy) is 2. The predicted molar refractivity (Wildman–Crippen MR) is 115 cm³/mol. The van der Waals surface area contributed by atoms with Crippen molar-refractivity contribution in [2.24, 2.45) is 4.99 Å². The molecule has 0 saturated carbocycles. The Labute approximate surface area is 176 Å². The van der Waals surface area contributed by atoms with E-state index in [1.54, 1.807) is 25.4 Å². The predicted octanol–water partition coefficient (Wildman–Crippen LogP) is 3.72. The lowest BCUT2D eigenvalue weighted by atomic mass is 10.2. The van der Waals surface area contributed by atoms with E-state index in [0.29, 0.717) is 24.8 Å². The van der Waals surface area contributed by atoms with Gasteiger partial charge in [-0.25, -0.2) is 14.4 Å². The number of aliphatic imine (C=N–C) groups is 1. The van der Waals surface area contributed by atoms with Crippen LogP contribution in [0.3, 0.4) is 0 Å². The summed E-state index contributed by atoms with van der Waals surface area (Å²) in [5.74, 6) is 1.38. The zero-order valence-electron chi connectivity index (χ0n) is 15.7. The molecule has 1 aromatic carbocycles. The van der Waals surface area contributed by atoms with Gasteiger partial charge in [0.1, 0.15) is 11.6 Å². The normalized spacial score (nSPS) is 12.1. The summed E-state index contributed by atoms with van der Waals surface area (Å²) in [6.45, 7) is 5.87. The summed E-state index contributed by atoms with van der Waals surface area (Å²) in [7, 11) is 1.67. The Bertz CT molecular complexity index is 713. The summed E-state index contributed by atoms with van der Waals surface area (Å²) < 4.78 is 23.7. The average molecular weight is 488 g/mol. The standard InChI is InChI=1S/C19H25FN4O2.HI/c1-4-21-19(24-14(2)13-25-3)23-12-15-9-10-22-18(11-15)26-17-7-5-16(20)6-8-17;/h5-11,14H,4,12-13H2,1-3H3,(H2,21,23,24);1H. The molecule has 2 N–H and O–H groups in total. The number of hydrogen-bond donors (Lipinski definition) is 2. The monoisotopic (exact) mass is 488 g/mol.